The van der Waals surface area contributed by atoms with Crippen LogP contribution in [0.15, 0.2) is 41.0 Å². The molecule has 0 aliphatic rings. The Balaban J connectivity index is 2.21. The molecule has 0 N–H and O–H groups in total. The molecule has 0 unspecified atom stereocenters. The predicted octanol–water partition coefficient (Wildman–Crippen LogP) is 4.20. The molecule has 0 radical (unpaired) electrons. The van der Waals surface area contributed by atoms with Crippen LogP contribution in [0.2, 0.25) is 5.15 Å². The zero-order valence-electron chi connectivity index (χ0n) is 10.3. The normalized spacial score (nSPS) is 11.1. The lowest BCUT2D eigenvalue weighted by molar-refractivity contribution is 0.799. The van der Waals surface area contributed by atoms with Crippen molar-refractivity contribution in [2.75, 3.05) is 0 Å². The highest BCUT2D eigenvalue weighted by molar-refractivity contribution is 9.10. The lowest BCUT2D eigenvalue weighted by atomic mass is 10.2. The van der Waals surface area contributed by atoms with Gasteiger partial charge in [-0.1, -0.05) is 41.9 Å². The van der Waals surface area contributed by atoms with Crippen molar-refractivity contribution in [1.82, 2.24) is 14.8 Å². The van der Waals surface area contributed by atoms with Gasteiger partial charge in [-0.3, -0.25) is 0 Å². The van der Waals surface area contributed by atoms with Crippen LogP contribution in [0.1, 0.15) is 11.3 Å². The van der Waals surface area contributed by atoms with Crippen LogP contribution < -0.4 is 0 Å². The molecule has 5 heteroatoms. The predicted molar refractivity (Wildman–Crippen MR) is 80.5 cm³/mol. The average molecular weight is 337 g/mol. The van der Waals surface area contributed by atoms with E-state index in [2.05, 4.69) is 49.8 Å². The molecule has 0 saturated heterocycles. The van der Waals surface area contributed by atoms with E-state index in [1.807, 2.05) is 18.2 Å². The summed E-state index contributed by atoms with van der Waals surface area (Å²) in [6, 6.07) is 10.3. The van der Waals surface area contributed by atoms with Crippen molar-refractivity contribution in [3.63, 3.8) is 0 Å². The quantitative estimate of drug-likeness (QED) is 0.702. The van der Waals surface area contributed by atoms with Gasteiger partial charge in [-0.25, -0.2) is 0 Å². The van der Waals surface area contributed by atoms with Crippen molar-refractivity contribution in [2.45, 2.75) is 13.5 Å². The number of halogens is 2. The van der Waals surface area contributed by atoms with Gasteiger partial charge in [-0.05, 0) is 28.4 Å². The van der Waals surface area contributed by atoms with Gasteiger partial charge in [0.25, 0.3) is 0 Å². The van der Waals surface area contributed by atoms with Crippen LogP contribution >= 0.6 is 27.5 Å². The SMILES string of the molecule is Cc1c(Br)c2cnnc(Cl)c2n1Cc1ccccc1. The number of hydrogen-bond acceptors (Lipinski definition) is 2. The summed E-state index contributed by atoms with van der Waals surface area (Å²) in [5, 5.41) is 9.27. The van der Waals surface area contributed by atoms with Gasteiger partial charge in [-0.2, -0.15) is 5.10 Å². The third-order valence-electron chi connectivity index (χ3n) is 3.20. The molecule has 3 nitrogen and oxygen atoms in total. The largest absolute Gasteiger partial charge is 0.337 e. The second kappa shape index (κ2) is 4.94. The molecule has 2 aromatic heterocycles. The minimum Gasteiger partial charge on any atom is -0.337 e. The number of benzene rings is 1. The highest BCUT2D eigenvalue weighted by Gasteiger charge is 2.16. The minimum atomic E-state index is 0.433. The van der Waals surface area contributed by atoms with Crippen molar-refractivity contribution < 1.29 is 0 Å². The molecule has 1 aromatic carbocycles. The van der Waals surface area contributed by atoms with Crippen LogP contribution in [0.5, 0.6) is 0 Å². The second-order valence-electron chi connectivity index (χ2n) is 4.37. The fourth-order valence-corrected chi connectivity index (χ4v) is 2.97. The lowest BCUT2D eigenvalue weighted by Gasteiger charge is -2.08. The highest BCUT2D eigenvalue weighted by atomic mass is 79.9. The monoisotopic (exact) mass is 335 g/mol. The smallest absolute Gasteiger partial charge is 0.175 e. The molecular weight excluding hydrogens is 326 g/mol. The fraction of sp³-hybridized carbons (Fsp3) is 0.143. The summed E-state index contributed by atoms with van der Waals surface area (Å²) in [4.78, 5) is 0. The lowest BCUT2D eigenvalue weighted by Crippen LogP contribution is -2.02. The van der Waals surface area contributed by atoms with Gasteiger partial charge < -0.3 is 4.57 Å². The average Bonchev–Trinajstić information content (AvgIpc) is 2.67. The molecule has 0 amide bonds. The number of nitrogens with zero attached hydrogens (tertiary/aromatic N) is 3. The molecule has 0 spiro atoms. The molecule has 0 aliphatic carbocycles. The molecule has 0 bridgehead atoms. The van der Waals surface area contributed by atoms with Gasteiger partial charge in [0.15, 0.2) is 5.15 Å². The van der Waals surface area contributed by atoms with E-state index < -0.39 is 0 Å². The van der Waals surface area contributed by atoms with E-state index >= 15 is 0 Å². The Morgan fingerprint density at radius 3 is 2.74 bits per heavy atom. The molecule has 2 heterocycles. The van der Waals surface area contributed by atoms with Gasteiger partial charge in [0.2, 0.25) is 0 Å². The van der Waals surface area contributed by atoms with Gasteiger partial charge in [0.05, 0.1) is 11.7 Å². The Kier molecular flexibility index (Phi) is 3.29. The Morgan fingerprint density at radius 1 is 1.26 bits per heavy atom. The zero-order chi connectivity index (χ0) is 13.4. The van der Waals surface area contributed by atoms with Gasteiger partial charge in [0.1, 0.15) is 0 Å². The summed E-state index contributed by atoms with van der Waals surface area (Å²) in [7, 11) is 0. The first-order chi connectivity index (χ1) is 9.18. The van der Waals surface area contributed by atoms with Gasteiger partial charge >= 0.3 is 0 Å². The maximum absolute atomic E-state index is 6.20. The van der Waals surface area contributed by atoms with Crippen molar-refractivity contribution in [3.05, 3.63) is 57.4 Å². The first-order valence-corrected chi connectivity index (χ1v) is 7.05. The first kappa shape index (κ1) is 12.6. The van der Waals surface area contributed by atoms with Crippen molar-refractivity contribution in [2.24, 2.45) is 0 Å². The number of aromatic nitrogens is 3. The maximum atomic E-state index is 6.20. The van der Waals surface area contributed by atoms with E-state index in [1.54, 1.807) is 6.20 Å². The van der Waals surface area contributed by atoms with E-state index in [1.165, 1.54) is 5.56 Å². The molecule has 0 aliphatic heterocycles. The summed E-state index contributed by atoms with van der Waals surface area (Å²) in [6.07, 6.45) is 1.74. The summed E-state index contributed by atoms with van der Waals surface area (Å²) in [5.41, 5.74) is 3.27. The maximum Gasteiger partial charge on any atom is 0.175 e. The Bertz CT molecular complexity index is 737. The number of rotatable bonds is 2. The topological polar surface area (TPSA) is 30.7 Å². The molecule has 3 rings (SSSR count). The molecule has 3 aromatic rings. The van der Waals surface area contributed by atoms with Crippen LogP contribution in [0.25, 0.3) is 10.9 Å². The van der Waals surface area contributed by atoms with Crippen molar-refractivity contribution >= 4 is 38.4 Å². The summed E-state index contributed by atoms with van der Waals surface area (Å²) < 4.78 is 3.18. The number of hydrogen-bond donors (Lipinski definition) is 0. The zero-order valence-corrected chi connectivity index (χ0v) is 12.6. The Morgan fingerprint density at radius 2 is 2.00 bits per heavy atom. The molecule has 0 atom stereocenters. The second-order valence-corrected chi connectivity index (χ2v) is 5.52. The standard InChI is InChI=1S/C14H11BrClN3/c1-9-12(15)11-7-17-18-14(16)13(11)19(9)8-10-5-3-2-4-6-10/h2-7H,8H2,1H3. The summed E-state index contributed by atoms with van der Waals surface area (Å²) in [6.45, 7) is 2.82. The van der Waals surface area contributed by atoms with Crippen LogP contribution in [-0.4, -0.2) is 14.8 Å². The van der Waals surface area contributed by atoms with Crippen LogP contribution in [0, 0.1) is 6.92 Å². The molecule has 19 heavy (non-hydrogen) atoms. The Labute approximate surface area is 124 Å². The Hall–Kier alpha value is -1.39. The highest BCUT2D eigenvalue weighted by Crippen LogP contribution is 2.33. The molecule has 0 saturated carbocycles. The summed E-state index contributed by atoms with van der Waals surface area (Å²) in [5.74, 6) is 0. The van der Waals surface area contributed by atoms with Crippen molar-refractivity contribution in [3.8, 4) is 0 Å². The molecular formula is C14H11BrClN3. The van der Waals surface area contributed by atoms with E-state index in [9.17, 15) is 0 Å². The summed E-state index contributed by atoms with van der Waals surface area (Å²) >= 11 is 9.80. The molecule has 0 fully saturated rings. The van der Waals surface area contributed by atoms with E-state index in [0.717, 1.165) is 27.6 Å². The van der Waals surface area contributed by atoms with Crippen LogP contribution in [-0.2, 0) is 6.54 Å². The van der Waals surface area contributed by atoms with E-state index in [0.29, 0.717) is 5.15 Å². The number of fused-ring (bicyclic) bond motifs is 1. The third-order valence-corrected chi connectivity index (χ3v) is 4.45. The first-order valence-electron chi connectivity index (χ1n) is 5.88. The fourth-order valence-electron chi connectivity index (χ4n) is 2.22. The van der Waals surface area contributed by atoms with Crippen LogP contribution in [0.3, 0.4) is 0 Å². The molecule has 96 valence electrons. The van der Waals surface area contributed by atoms with Crippen LogP contribution in [0.4, 0.5) is 0 Å². The van der Waals surface area contributed by atoms with Gasteiger partial charge in [-0.15, -0.1) is 5.10 Å². The minimum absolute atomic E-state index is 0.433. The van der Waals surface area contributed by atoms with Crippen molar-refractivity contribution in [1.29, 1.82) is 0 Å². The third kappa shape index (κ3) is 2.15. The van der Waals surface area contributed by atoms with Gasteiger partial charge in [0, 0.05) is 22.1 Å². The van der Waals surface area contributed by atoms with E-state index in [4.69, 9.17) is 11.6 Å². The van der Waals surface area contributed by atoms with E-state index in [-0.39, 0.29) is 0 Å².